The minimum atomic E-state index is 0.609. The topological polar surface area (TPSA) is 56.3 Å². The van der Waals surface area contributed by atoms with E-state index in [1.807, 2.05) is 0 Å². The first-order valence-corrected chi connectivity index (χ1v) is 7.85. The Bertz CT molecular complexity index is 504. The molecule has 1 saturated carbocycles. The number of hydrogen-bond donors (Lipinski definition) is 1. The number of likely N-dealkylation sites (N-methyl/N-ethyl adjacent to an activating group) is 1. The van der Waals surface area contributed by atoms with Gasteiger partial charge in [0.1, 0.15) is 10.9 Å². The predicted octanol–water partition coefficient (Wildman–Crippen LogP) is 2.22. The Balaban J connectivity index is 1.86. The summed E-state index contributed by atoms with van der Waals surface area (Å²) in [7, 11) is 0. The second kappa shape index (κ2) is 5.03. The van der Waals surface area contributed by atoms with Gasteiger partial charge in [-0.1, -0.05) is 6.92 Å². The van der Waals surface area contributed by atoms with Crippen LogP contribution in [0.25, 0.3) is 0 Å². The quantitative estimate of drug-likeness (QED) is 0.919. The third kappa shape index (κ3) is 2.31. The first kappa shape index (κ1) is 12.8. The molecule has 2 fully saturated rings. The second-order valence-corrected chi connectivity index (χ2v) is 6.37. The molecule has 19 heavy (non-hydrogen) atoms. The number of anilines is 2. The van der Waals surface area contributed by atoms with E-state index in [0.717, 1.165) is 38.4 Å². The fourth-order valence-electron chi connectivity index (χ4n) is 2.80. The highest BCUT2D eigenvalue weighted by Gasteiger charge is 2.33. The van der Waals surface area contributed by atoms with E-state index in [4.69, 9.17) is 5.73 Å². The molecule has 1 aromatic heterocycles. The summed E-state index contributed by atoms with van der Waals surface area (Å²) in [6.07, 6.45) is 2.46. The SMILES string of the molecule is CCN1CCN(c2sc(C#N)c(N)c2C2CC2)CC1. The van der Waals surface area contributed by atoms with Crippen molar-refractivity contribution in [3.63, 3.8) is 0 Å². The van der Waals surface area contributed by atoms with Gasteiger partial charge in [-0.3, -0.25) is 0 Å². The van der Waals surface area contributed by atoms with Gasteiger partial charge in [0.25, 0.3) is 0 Å². The molecule has 1 saturated heterocycles. The molecule has 2 N–H and O–H groups in total. The van der Waals surface area contributed by atoms with Crippen LogP contribution in [0.2, 0.25) is 0 Å². The first-order chi connectivity index (χ1) is 9.24. The number of thiophene rings is 1. The number of nitriles is 1. The molecule has 0 aromatic carbocycles. The van der Waals surface area contributed by atoms with E-state index in [1.54, 1.807) is 11.3 Å². The number of nitrogen functional groups attached to an aromatic ring is 1. The Morgan fingerprint density at radius 3 is 2.53 bits per heavy atom. The maximum absolute atomic E-state index is 9.19. The van der Waals surface area contributed by atoms with Crippen LogP contribution >= 0.6 is 11.3 Å². The first-order valence-electron chi connectivity index (χ1n) is 7.04. The summed E-state index contributed by atoms with van der Waals surface area (Å²) in [4.78, 5) is 5.60. The van der Waals surface area contributed by atoms with Crippen LogP contribution in [0.3, 0.4) is 0 Å². The van der Waals surface area contributed by atoms with Crippen LogP contribution in [0.4, 0.5) is 10.7 Å². The van der Waals surface area contributed by atoms with Crippen molar-refractivity contribution in [2.24, 2.45) is 0 Å². The van der Waals surface area contributed by atoms with Crippen LogP contribution < -0.4 is 10.6 Å². The van der Waals surface area contributed by atoms with Gasteiger partial charge in [0.05, 0.1) is 10.7 Å². The molecule has 5 heteroatoms. The largest absolute Gasteiger partial charge is 0.397 e. The lowest BCUT2D eigenvalue weighted by Gasteiger charge is -2.35. The standard InChI is InChI=1S/C14H20N4S/c1-2-17-5-7-18(8-6-17)14-12(10-3-4-10)13(16)11(9-15)19-14/h10H,2-8,16H2,1H3. The molecule has 0 unspecified atom stereocenters. The Labute approximate surface area is 118 Å². The van der Waals surface area contributed by atoms with Gasteiger partial charge < -0.3 is 15.5 Å². The molecule has 1 aromatic rings. The van der Waals surface area contributed by atoms with Crippen molar-refractivity contribution < 1.29 is 0 Å². The zero-order valence-corrected chi connectivity index (χ0v) is 12.2. The van der Waals surface area contributed by atoms with E-state index in [1.165, 1.54) is 23.4 Å². The van der Waals surface area contributed by atoms with Gasteiger partial charge in [-0.2, -0.15) is 5.26 Å². The lowest BCUT2D eigenvalue weighted by Crippen LogP contribution is -2.46. The fraction of sp³-hybridized carbons (Fsp3) is 0.643. The van der Waals surface area contributed by atoms with Crippen LogP contribution in [0.1, 0.15) is 36.1 Å². The summed E-state index contributed by atoms with van der Waals surface area (Å²) in [5.41, 5.74) is 8.19. The van der Waals surface area contributed by atoms with Crippen molar-refractivity contribution in [2.75, 3.05) is 43.4 Å². The molecular weight excluding hydrogens is 256 g/mol. The average Bonchev–Trinajstić information content (AvgIpc) is 3.23. The van der Waals surface area contributed by atoms with Crippen molar-refractivity contribution >= 4 is 22.0 Å². The average molecular weight is 276 g/mol. The highest BCUT2D eigenvalue weighted by atomic mass is 32.1. The molecule has 2 heterocycles. The Morgan fingerprint density at radius 2 is 2.00 bits per heavy atom. The molecule has 0 radical (unpaired) electrons. The smallest absolute Gasteiger partial charge is 0.130 e. The van der Waals surface area contributed by atoms with E-state index < -0.39 is 0 Å². The molecule has 4 nitrogen and oxygen atoms in total. The molecule has 0 atom stereocenters. The van der Waals surface area contributed by atoms with Gasteiger partial charge in [-0.25, -0.2) is 0 Å². The molecule has 0 spiro atoms. The summed E-state index contributed by atoms with van der Waals surface area (Å²) >= 11 is 1.59. The van der Waals surface area contributed by atoms with E-state index in [2.05, 4.69) is 22.8 Å². The van der Waals surface area contributed by atoms with Gasteiger partial charge in [-0.15, -0.1) is 11.3 Å². The molecule has 3 rings (SSSR count). The van der Waals surface area contributed by atoms with Gasteiger partial charge in [-0.05, 0) is 25.3 Å². The minimum Gasteiger partial charge on any atom is -0.397 e. The van der Waals surface area contributed by atoms with E-state index in [0.29, 0.717) is 10.8 Å². The zero-order chi connectivity index (χ0) is 13.4. The maximum Gasteiger partial charge on any atom is 0.130 e. The molecule has 102 valence electrons. The second-order valence-electron chi connectivity index (χ2n) is 5.37. The van der Waals surface area contributed by atoms with Crippen LogP contribution in [-0.2, 0) is 0 Å². The summed E-state index contributed by atoms with van der Waals surface area (Å²) < 4.78 is 0. The summed E-state index contributed by atoms with van der Waals surface area (Å²) in [5, 5.41) is 10.5. The Kier molecular flexibility index (Phi) is 3.38. The number of nitrogens with zero attached hydrogens (tertiary/aromatic N) is 3. The lowest BCUT2D eigenvalue weighted by atomic mass is 10.1. The third-order valence-corrected chi connectivity index (χ3v) is 5.34. The van der Waals surface area contributed by atoms with E-state index in [-0.39, 0.29) is 0 Å². The molecule has 1 aliphatic carbocycles. The van der Waals surface area contributed by atoms with Gasteiger partial charge in [0.15, 0.2) is 0 Å². The fourth-order valence-corrected chi connectivity index (χ4v) is 3.95. The van der Waals surface area contributed by atoms with Gasteiger partial charge in [0.2, 0.25) is 0 Å². The van der Waals surface area contributed by atoms with Crippen molar-refractivity contribution in [2.45, 2.75) is 25.7 Å². The summed E-state index contributed by atoms with van der Waals surface area (Å²) in [5.74, 6) is 0.609. The third-order valence-electron chi connectivity index (χ3n) is 4.16. The number of piperazine rings is 1. The summed E-state index contributed by atoms with van der Waals surface area (Å²) in [6.45, 7) is 7.67. The number of nitrogens with two attached hydrogens (primary N) is 1. The molecule has 0 bridgehead atoms. The molecule has 1 aliphatic heterocycles. The molecular formula is C14H20N4S. The molecule has 2 aliphatic rings. The summed E-state index contributed by atoms with van der Waals surface area (Å²) in [6, 6.07) is 2.25. The van der Waals surface area contributed by atoms with Crippen molar-refractivity contribution in [3.8, 4) is 6.07 Å². The minimum absolute atomic E-state index is 0.609. The molecule has 0 amide bonds. The van der Waals surface area contributed by atoms with Crippen LogP contribution in [-0.4, -0.2) is 37.6 Å². The van der Waals surface area contributed by atoms with Crippen LogP contribution in [0, 0.1) is 11.3 Å². The van der Waals surface area contributed by atoms with Crippen LogP contribution in [0.5, 0.6) is 0 Å². The lowest BCUT2D eigenvalue weighted by molar-refractivity contribution is 0.271. The monoisotopic (exact) mass is 276 g/mol. The van der Waals surface area contributed by atoms with Crippen molar-refractivity contribution in [1.29, 1.82) is 5.26 Å². The van der Waals surface area contributed by atoms with Crippen molar-refractivity contribution in [3.05, 3.63) is 10.4 Å². The van der Waals surface area contributed by atoms with Gasteiger partial charge in [0, 0.05) is 31.7 Å². The van der Waals surface area contributed by atoms with E-state index >= 15 is 0 Å². The van der Waals surface area contributed by atoms with Crippen LogP contribution in [0.15, 0.2) is 0 Å². The predicted molar refractivity (Wildman–Crippen MR) is 79.7 cm³/mol. The van der Waals surface area contributed by atoms with Gasteiger partial charge >= 0.3 is 0 Å². The Morgan fingerprint density at radius 1 is 1.32 bits per heavy atom. The Hall–Kier alpha value is -1.25. The normalized spacial score (nSPS) is 20.5. The zero-order valence-electron chi connectivity index (χ0n) is 11.4. The highest BCUT2D eigenvalue weighted by Crippen LogP contribution is 2.51. The maximum atomic E-state index is 9.19. The number of rotatable bonds is 3. The highest BCUT2D eigenvalue weighted by molar-refractivity contribution is 7.17. The number of hydrogen-bond acceptors (Lipinski definition) is 5. The van der Waals surface area contributed by atoms with E-state index in [9.17, 15) is 5.26 Å². The van der Waals surface area contributed by atoms with Crippen molar-refractivity contribution in [1.82, 2.24) is 4.90 Å².